The number of thiazole rings is 1. The van der Waals surface area contributed by atoms with Crippen LogP contribution in [0, 0.1) is 24.7 Å². The minimum atomic E-state index is 0.336. The van der Waals surface area contributed by atoms with Gasteiger partial charge in [-0.1, -0.05) is 27.7 Å². The molecule has 0 spiro atoms. The van der Waals surface area contributed by atoms with E-state index in [1.165, 1.54) is 16.3 Å². The molecule has 0 unspecified atom stereocenters. The highest BCUT2D eigenvalue weighted by Gasteiger charge is 2.66. The molecule has 1 aliphatic rings. The Kier molecular flexibility index (Phi) is 2.39. The van der Waals surface area contributed by atoms with Crippen LogP contribution in [0.1, 0.15) is 49.9 Å². The molecule has 1 aliphatic carbocycles. The molecule has 2 nitrogen and oxygen atoms in total. The molecule has 0 amide bonds. The standard InChI is InChI=1S/C14H19BrN2S/c1-7-8(2)18-12-16-9(11(15)17(7)12)10-13(3,4)14(10,5)6/h10H,1-6H3. The number of aryl methyl sites for hydroxylation is 2. The van der Waals surface area contributed by atoms with Crippen molar-refractivity contribution >= 4 is 32.2 Å². The SMILES string of the molecule is Cc1sc2nc(C3C(C)(C)C3(C)C)c(Br)n2c1C. The topological polar surface area (TPSA) is 17.3 Å². The van der Waals surface area contributed by atoms with Crippen molar-refractivity contribution in [1.29, 1.82) is 0 Å². The molecule has 0 aliphatic heterocycles. The van der Waals surface area contributed by atoms with E-state index in [1.54, 1.807) is 11.3 Å². The van der Waals surface area contributed by atoms with Gasteiger partial charge in [-0.15, -0.1) is 11.3 Å². The van der Waals surface area contributed by atoms with Gasteiger partial charge in [-0.25, -0.2) is 4.98 Å². The van der Waals surface area contributed by atoms with E-state index < -0.39 is 0 Å². The predicted octanol–water partition coefficient (Wildman–Crippen LogP) is 4.92. The van der Waals surface area contributed by atoms with Crippen LogP contribution in [-0.2, 0) is 0 Å². The molecule has 18 heavy (non-hydrogen) atoms. The molecule has 0 bridgehead atoms. The molecule has 2 aromatic heterocycles. The maximum Gasteiger partial charge on any atom is 0.195 e. The minimum Gasteiger partial charge on any atom is -0.281 e. The largest absolute Gasteiger partial charge is 0.281 e. The highest BCUT2D eigenvalue weighted by atomic mass is 79.9. The highest BCUT2D eigenvalue weighted by Crippen LogP contribution is 2.74. The second kappa shape index (κ2) is 3.40. The summed E-state index contributed by atoms with van der Waals surface area (Å²) in [6, 6.07) is 0. The van der Waals surface area contributed by atoms with Gasteiger partial charge >= 0.3 is 0 Å². The quantitative estimate of drug-likeness (QED) is 0.726. The van der Waals surface area contributed by atoms with Crippen LogP contribution in [-0.4, -0.2) is 9.38 Å². The van der Waals surface area contributed by atoms with Gasteiger partial charge in [-0.05, 0) is 40.6 Å². The Balaban J connectivity index is 2.19. The van der Waals surface area contributed by atoms with Crippen LogP contribution in [0.3, 0.4) is 0 Å². The fourth-order valence-corrected chi connectivity index (χ4v) is 5.03. The van der Waals surface area contributed by atoms with Crippen molar-refractivity contribution in [3.05, 3.63) is 20.9 Å². The third kappa shape index (κ3) is 1.31. The van der Waals surface area contributed by atoms with Crippen LogP contribution in [0.4, 0.5) is 0 Å². The molecule has 1 fully saturated rings. The first-order valence-corrected chi connectivity index (χ1v) is 7.94. The summed E-state index contributed by atoms with van der Waals surface area (Å²) in [7, 11) is 0. The first-order chi connectivity index (χ1) is 8.19. The second-order valence-electron chi connectivity index (χ2n) is 6.53. The van der Waals surface area contributed by atoms with E-state index in [0.717, 1.165) is 9.56 Å². The lowest BCUT2D eigenvalue weighted by Crippen LogP contribution is -1.95. The molecule has 1 saturated carbocycles. The number of imidazole rings is 1. The van der Waals surface area contributed by atoms with Gasteiger partial charge in [0.25, 0.3) is 0 Å². The fourth-order valence-electron chi connectivity index (χ4n) is 3.19. The Morgan fingerprint density at radius 1 is 1.17 bits per heavy atom. The molecule has 0 aromatic carbocycles. The Morgan fingerprint density at radius 2 is 1.72 bits per heavy atom. The molecule has 4 heteroatoms. The first kappa shape index (κ1) is 12.7. The Labute approximate surface area is 121 Å². The molecule has 0 radical (unpaired) electrons. The van der Waals surface area contributed by atoms with Gasteiger partial charge in [-0.2, -0.15) is 0 Å². The van der Waals surface area contributed by atoms with Crippen molar-refractivity contribution in [2.75, 3.05) is 0 Å². The van der Waals surface area contributed by atoms with Crippen LogP contribution >= 0.6 is 27.3 Å². The van der Waals surface area contributed by atoms with E-state index in [0.29, 0.717) is 16.7 Å². The molecule has 2 heterocycles. The molecule has 0 atom stereocenters. The van der Waals surface area contributed by atoms with Gasteiger partial charge in [-0.3, -0.25) is 4.40 Å². The van der Waals surface area contributed by atoms with Crippen LogP contribution in [0.5, 0.6) is 0 Å². The van der Waals surface area contributed by atoms with Crippen LogP contribution in [0.15, 0.2) is 4.60 Å². The minimum absolute atomic E-state index is 0.336. The summed E-state index contributed by atoms with van der Waals surface area (Å²) in [4.78, 5) is 7.34. The van der Waals surface area contributed by atoms with E-state index in [-0.39, 0.29) is 0 Å². The van der Waals surface area contributed by atoms with Crippen LogP contribution < -0.4 is 0 Å². The lowest BCUT2D eigenvalue weighted by molar-refractivity contribution is 0.457. The average molecular weight is 327 g/mol. The third-order valence-electron chi connectivity index (χ3n) is 5.20. The summed E-state index contributed by atoms with van der Waals surface area (Å²) in [5, 5.41) is 0. The molecule has 0 saturated heterocycles. The molecule has 0 N–H and O–H groups in total. The van der Waals surface area contributed by atoms with Crippen molar-refractivity contribution in [2.24, 2.45) is 10.8 Å². The summed E-state index contributed by atoms with van der Waals surface area (Å²) >= 11 is 5.55. The molecule has 2 aromatic rings. The molecular weight excluding hydrogens is 308 g/mol. The number of fused-ring (bicyclic) bond motifs is 1. The number of hydrogen-bond donors (Lipinski definition) is 0. The smallest absolute Gasteiger partial charge is 0.195 e. The van der Waals surface area contributed by atoms with Gasteiger partial charge in [0.15, 0.2) is 4.96 Å². The van der Waals surface area contributed by atoms with Crippen molar-refractivity contribution in [2.45, 2.75) is 47.5 Å². The number of halogens is 1. The first-order valence-electron chi connectivity index (χ1n) is 6.33. The van der Waals surface area contributed by atoms with Gasteiger partial charge in [0.2, 0.25) is 0 Å². The fraction of sp³-hybridized carbons (Fsp3) is 0.643. The monoisotopic (exact) mass is 326 g/mol. The van der Waals surface area contributed by atoms with Gasteiger partial charge in [0.05, 0.1) is 5.69 Å². The average Bonchev–Trinajstić information content (AvgIpc) is 2.51. The van der Waals surface area contributed by atoms with E-state index in [4.69, 9.17) is 4.98 Å². The van der Waals surface area contributed by atoms with E-state index in [9.17, 15) is 0 Å². The predicted molar refractivity (Wildman–Crippen MR) is 80.5 cm³/mol. The van der Waals surface area contributed by atoms with Crippen molar-refractivity contribution in [1.82, 2.24) is 9.38 Å². The Bertz CT molecular complexity index is 634. The van der Waals surface area contributed by atoms with Crippen LogP contribution in [0.25, 0.3) is 4.96 Å². The summed E-state index contributed by atoms with van der Waals surface area (Å²) in [6.07, 6.45) is 0. The maximum absolute atomic E-state index is 4.88. The van der Waals surface area contributed by atoms with Crippen molar-refractivity contribution in [3.63, 3.8) is 0 Å². The van der Waals surface area contributed by atoms with E-state index in [2.05, 4.69) is 61.9 Å². The van der Waals surface area contributed by atoms with Gasteiger partial charge in [0.1, 0.15) is 4.60 Å². The van der Waals surface area contributed by atoms with Crippen LogP contribution in [0.2, 0.25) is 0 Å². The van der Waals surface area contributed by atoms with Crippen molar-refractivity contribution < 1.29 is 0 Å². The summed E-state index contributed by atoms with van der Waals surface area (Å²) < 4.78 is 3.41. The highest BCUT2D eigenvalue weighted by molar-refractivity contribution is 9.10. The summed E-state index contributed by atoms with van der Waals surface area (Å²) in [5.74, 6) is 0.547. The van der Waals surface area contributed by atoms with Gasteiger partial charge < -0.3 is 0 Å². The summed E-state index contributed by atoms with van der Waals surface area (Å²) in [6.45, 7) is 13.7. The lowest BCUT2D eigenvalue weighted by atomic mass is 10.0. The normalized spacial score (nSPS) is 21.7. The zero-order chi connectivity index (χ0) is 13.5. The van der Waals surface area contributed by atoms with E-state index >= 15 is 0 Å². The zero-order valence-electron chi connectivity index (χ0n) is 11.8. The zero-order valence-corrected chi connectivity index (χ0v) is 14.2. The number of rotatable bonds is 1. The summed E-state index contributed by atoms with van der Waals surface area (Å²) in [5.41, 5.74) is 3.21. The Morgan fingerprint density at radius 3 is 2.17 bits per heavy atom. The molecule has 98 valence electrons. The van der Waals surface area contributed by atoms with Gasteiger partial charge in [0, 0.05) is 16.5 Å². The van der Waals surface area contributed by atoms with E-state index in [1.807, 2.05) is 0 Å². The second-order valence-corrected chi connectivity index (χ2v) is 8.46. The molecular formula is C14H19BrN2S. The number of aromatic nitrogens is 2. The number of hydrogen-bond acceptors (Lipinski definition) is 2. The lowest BCUT2D eigenvalue weighted by Gasteiger charge is -2.03. The van der Waals surface area contributed by atoms with Crippen molar-refractivity contribution in [3.8, 4) is 0 Å². The number of nitrogens with zero attached hydrogens (tertiary/aromatic N) is 2. The maximum atomic E-state index is 4.88. The third-order valence-corrected chi connectivity index (χ3v) is 7.02. The Hall–Kier alpha value is -0.350. The molecule has 3 rings (SSSR count).